The highest BCUT2D eigenvalue weighted by Crippen LogP contribution is 2.32. The Morgan fingerprint density at radius 3 is 3.00 bits per heavy atom. The normalized spacial score (nSPS) is 19.9. The number of carbonyl (C=O) groups is 1. The Labute approximate surface area is 118 Å². The fourth-order valence-electron chi connectivity index (χ4n) is 2.60. The van der Waals surface area contributed by atoms with Gasteiger partial charge in [0.05, 0.1) is 0 Å². The van der Waals surface area contributed by atoms with E-state index in [1.54, 1.807) is 0 Å². The van der Waals surface area contributed by atoms with E-state index < -0.39 is 0 Å². The number of allylic oxidation sites excluding steroid dienone is 2. The van der Waals surface area contributed by atoms with Crippen molar-refractivity contribution >= 4 is 5.91 Å². The third-order valence-corrected chi connectivity index (χ3v) is 3.79. The van der Waals surface area contributed by atoms with Crippen molar-refractivity contribution in [2.45, 2.75) is 25.7 Å². The first-order chi connectivity index (χ1) is 9.83. The Bertz CT molecular complexity index is 524. The summed E-state index contributed by atoms with van der Waals surface area (Å²) in [7, 11) is 0. The summed E-state index contributed by atoms with van der Waals surface area (Å²) in [5.41, 5.74) is 1.15. The van der Waals surface area contributed by atoms with E-state index in [1.807, 2.05) is 18.2 Å². The third-order valence-electron chi connectivity index (χ3n) is 3.79. The van der Waals surface area contributed by atoms with Crippen molar-refractivity contribution in [1.82, 2.24) is 5.32 Å². The van der Waals surface area contributed by atoms with Gasteiger partial charge in [0.1, 0.15) is 0 Å². The van der Waals surface area contributed by atoms with Crippen LogP contribution in [0.25, 0.3) is 0 Å². The molecule has 0 aromatic heterocycles. The van der Waals surface area contributed by atoms with Crippen molar-refractivity contribution < 1.29 is 14.3 Å². The molecule has 0 saturated carbocycles. The van der Waals surface area contributed by atoms with Gasteiger partial charge in [0, 0.05) is 12.5 Å². The molecule has 1 heterocycles. The fourth-order valence-corrected chi connectivity index (χ4v) is 2.60. The molecule has 0 bridgehead atoms. The third kappa shape index (κ3) is 2.95. The van der Waals surface area contributed by atoms with E-state index in [-0.39, 0.29) is 11.8 Å². The highest BCUT2D eigenvalue weighted by molar-refractivity contribution is 5.78. The lowest BCUT2D eigenvalue weighted by molar-refractivity contribution is -0.125. The molecule has 3 rings (SSSR count). The van der Waals surface area contributed by atoms with Crippen LogP contribution >= 0.6 is 0 Å². The number of nitrogens with one attached hydrogen (secondary N) is 1. The van der Waals surface area contributed by atoms with E-state index in [0.717, 1.165) is 42.7 Å². The number of hydrogen-bond acceptors (Lipinski definition) is 3. The number of carbonyl (C=O) groups excluding carboxylic acids is 1. The van der Waals surface area contributed by atoms with Crippen LogP contribution < -0.4 is 14.8 Å². The van der Waals surface area contributed by atoms with E-state index in [9.17, 15) is 4.79 Å². The van der Waals surface area contributed by atoms with Crippen LogP contribution in [0.4, 0.5) is 0 Å². The molecule has 1 amide bonds. The molecular weight excluding hydrogens is 254 g/mol. The summed E-state index contributed by atoms with van der Waals surface area (Å²) in [5, 5.41) is 3.02. The van der Waals surface area contributed by atoms with Crippen LogP contribution in [0.2, 0.25) is 0 Å². The fraction of sp³-hybridized carbons (Fsp3) is 0.438. The molecule has 0 radical (unpaired) electrons. The van der Waals surface area contributed by atoms with E-state index in [2.05, 4.69) is 17.5 Å². The number of hydrogen-bond donors (Lipinski definition) is 1. The smallest absolute Gasteiger partial charge is 0.231 e. The van der Waals surface area contributed by atoms with Gasteiger partial charge >= 0.3 is 0 Å². The van der Waals surface area contributed by atoms with E-state index in [0.29, 0.717) is 13.3 Å². The van der Waals surface area contributed by atoms with Gasteiger partial charge in [-0.2, -0.15) is 0 Å². The second kappa shape index (κ2) is 5.99. The number of rotatable bonds is 4. The van der Waals surface area contributed by atoms with Crippen molar-refractivity contribution in [3.63, 3.8) is 0 Å². The molecular formula is C16H19NO3. The molecule has 2 aliphatic rings. The van der Waals surface area contributed by atoms with Gasteiger partial charge in [0.15, 0.2) is 11.5 Å². The molecule has 106 valence electrons. The molecule has 1 atom stereocenters. The molecule has 1 aliphatic heterocycles. The Kier molecular flexibility index (Phi) is 3.90. The quantitative estimate of drug-likeness (QED) is 0.857. The predicted molar refractivity (Wildman–Crippen MR) is 75.8 cm³/mol. The van der Waals surface area contributed by atoms with Crippen LogP contribution in [0.3, 0.4) is 0 Å². The van der Waals surface area contributed by atoms with Crippen molar-refractivity contribution in [3.8, 4) is 11.5 Å². The first-order valence-electron chi connectivity index (χ1n) is 7.14. The van der Waals surface area contributed by atoms with Crippen LogP contribution in [0, 0.1) is 5.92 Å². The van der Waals surface area contributed by atoms with Gasteiger partial charge in [-0.05, 0) is 43.4 Å². The number of fused-ring (bicyclic) bond motifs is 1. The van der Waals surface area contributed by atoms with Gasteiger partial charge in [-0.1, -0.05) is 18.2 Å². The molecule has 0 spiro atoms. The lowest BCUT2D eigenvalue weighted by Gasteiger charge is -2.17. The van der Waals surface area contributed by atoms with Gasteiger partial charge in [-0.25, -0.2) is 0 Å². The highest BCUT2D eigenvalue weighted by atomic mass is 16.7. The molecule has 0 fully saturated rings. The molecule has 1 aliphatic carbocycles. The summed E-state index contributed by atoms with van der Waals surface area (Å²) in [6.45, 7) is 0.962. The number of benzene rings is 1. The molecule has 1 N–H and O–H groups in total. The summed E-state index contributed by atoms with van der Waals surface area (Å²) in [6, 6.07) is 5.92. The molecule has 4 nitrogen and oxygen atoms in total. The van der Waals surface area contributed by atoms with Crippen LogP contribution in [0.5, 0.6) is 11.5 Å². The van der Waals surface area contributed by atoms with Crippen molar-refractivity contribution in [2.24, 2.45) is 5.92 Å². The van der Waals surface area contributed by atoms with Gasteiger partial charge in [0.2, 0.25) is 12.7 Å². The van der Waals surface area contributed by atoms with E-state index in [4.69, 9.17) is 9.47 Å². The summed E-state index contributed by atoms with van der Waals surface area (Å²) in [6.07, 6.45) is 7.91. The van der Waals surface area contributed by atoms with Crippen LogP contribution in [0.1, 0.15) is 24.8 Å². The molecule has 0 saturated heterocycles. The zero-order valence-electron chi connectivity index (χ0n) is 11.4. The molecule has 20 heavy (non-hydrogen) atoms. The van der Waals surface area contributed by atoms with Gasteiger partial charge in [-0.3, -0.25) is 4.79 Å². The topological polar surface area (TPSA) is 47.6 Å². The Hall–Kier alpha value is -1.97. The maximum atomic E-state index is 12.0. The minimum absolute atomic E-state index is 0.150. The summed E-state index contributed by atoms with van der Waals surface area (Å²) < 4.78 is 10.6. The molecule has 1 aromatic carbocycles. The molecule has 0 unspecified atom stereocenters. The predicted octanol–water partition coefficient (Wildman–Crippen LogP) is 2.43. The van der Waals surface area contributed by atoms with Crippen LogP contribution in [-0.2, 0) is 11.2 Å². The van der Waals surface area contributed by atoms with Gasteiger partial charge < -0.3 is 14.8 Å². The first-order valence-corrected chi connectivity index (χ1v) is 7.14. The first kappa shape index (κ1) is 13.0. The Morgan fingerprint density at radius 2 is 2.15 bits per heavy atom. The van der Waals surface area contributed by atoms with E-state index in [1.165, 1.54) is 0 Å². The van der Waals surface area contributed by atoms with Crippen LogP contribution in [0.15, 0.2) is 30.4 Å². The lowest BCUT2D eigenvalue weighted by atomic mass is 9.93. The summed E-state index contributed by atoms with van der Waals surface area (Å²) >= 11 is 0. The van der Waals surface area contributed by atoms with Crippen LogP contribution in [-0.4, -0.2) is 19.2 Å². The average Bonchev–Trinajstić information content (AvgIpc) is 2.95. The zero-order valence-corrected chi connectivity index (χ0v) is 11.4. The van der Waals surface area contributed by atoms with Crippen molar-refractivity contribution in [2.75, 3.05) is 13.3 Å². The minimum Gasteiger partial charge on any atom is -0.454 e. The summed E-state index contributed by atoms with van der Waals surface area (Å²) in [5.74, 6) is 1.92. The maximum Gasteiger partial charge on any atom is 0.231 e. The van der Waals surface area contributed by atoms with Crippen molar-refractivity contribution in [3.05, 3.63) is 35.9 Å². The second-order valence-electron chi connectivity index (χ2n) is 5.21. The largest absolute Gasteiger partial charge is 0.454 e. The lowest BCUT2D eigenvalue weighted by Crippen LogP contribution is -2.32. The SMILES string of the molecule is O=C(NCCc1ccc2c(c1)OCO2)[C@H]1CC=CCC1. The minimum atomic E-state index is 0.150. The average molecular weight is 273 g/mol. The number of ether oxygens (including phenoxy) is 2. The number of amides is 1. The van der Waals surface area contributed by atoms with Crippen molar-refractivity contribution in [1.29, 1.82) is 0 Å². The molecule has 4 heteroatoms. The maximum absolute atomic E-state index is 12.0. The molecule has 1 aromatic rings. The standard InChI is InChI=1S/C16H19NO3/c18-16(13-4-2-1-3-5-13)17-9-8-12-6-7-14-15(10-12)20-11-19-14/h1-2,6-7,10,13H,3-5,8-9,11H2,(H,17,18)/t13-/m0/s1. The monoisotopic (exact) mass is 273 g/mol. The highest BCUT2D eigenvalue weighted by Gasteiger charge is 2.18. The Morgan fingerprint density at radius 1 is 1.25 bits per heavy atom. The zero-order chi connectivity index (χ0) is 13.8. The summed E-state index contributed by atoms with van der Waals surface area (Å²) in [4.78, 5) is 12.0. The van der Waals surface area contributed by atoms with E-state index >= 15 is 0 Å². The van der Waals surface area contributed by atoms with Gasteiger partial charge in [-0.15, -0.1) is 0 Å². The second-order valence-corrected chi connectivity index (χ2v) is 5.21. The Balaban J connectivity index is 1.47. The van der Waals surface area contributed by atoms with Gasteiger partial charge in [0.25, 0.3) is 0 Å².